The van der Waals surface area contributed by atoms with Crippen LogP contribution in [0.1, 0.15) is 93.7 Å². The highest BCUT2D eigenvalue weighted by Gasteiger charge is 2.43. The number of hydrogen-bond acceptors (Lipinski definition) is 14. The predicted octanol–water partition coefficient (Wildman–Crippen LogP) is 5.10. The fraction of sp³-hybridized carbons (Fsp3) is 0.476. The molecule has 0 saturated carbocycles. The molecule has 0 aromatic heterocycles. The van der Waals surface area contributed by atoms with E-state index >= 15 is 0 Å². The van der Waals surface area contributed by atoms with Crippen molar-refractivity contribution in [2.45, 2.75) is 116 Å². The minimum atomic E-state index is -1.39. The standard InChI is InChI=1S/C22H28O7.C19H24O7.CH4/c1-12-8-9-16(24)20-18(28-22(3,4)29-20)7-5-6-14-10-15(23)11-17(25)19(14)21(26)27-13(12)2;1-10-6-7-15(22)18(24)14(21)5-3-4-12-8-13(20)9-16(23)17(12)19(25)26-11(10)2;/h5-6,8-13,16,18,20,23-25H,7H2,1-4H3;3-4,6-11,14-15,18,20-24H,5H2,1-2H3;1H4/b6-5+,9-8-;4-3+,7-6-;/t12-,13?,16?,18?,20?;10-,11?,14?,15?,18?;/m11./s1. The van der Waals surface area contributed by atoms with E-state index in [-0.39, 0.29) is 59.6 Å². The molecule has 3 heterocycles. The number of aliphatic hydroxyl groups is 4. The van der Waals surface area contributed by atoms with Crippen LogP contribution in [0.3, 0.4) is 0 Å². The van der Waals surface area contributed by atoms with E-state index in [1.165, 1.54) is 30.4 Å². The molecular weight excluding hydrogens is 728 g/mol. The summed E-state index contributed by atoms with van der Waals surface area (Å²) in [5.41, 5.74) is 0.422. The normalized spacial score (nSPS) is 33.0. The molecule has 2 aromatic carbocycles. The van der Waals surface area contributed by atoms with Crippen molar-refractivity contribution in [2.75, 3.05) is 0 Å². The first-order valence-electron chi connectivity index (χ1n) is 18.1. The van der Waals surface area contributed by atoms with Gasteiger partial charge in [-0.05, 0) is 63.8 Å². The number of carbonyl (C=O) groups excluding carboxylic acids is 2. The average molecular weight is 785 g/mol. The van der Waals surface area contributed by atoms with Gasteiger partial charge in [0.1, 0.15) is 70.7 Å². The summed E-state index contributed by atoms with van der Waals surface area (Å²) in [6, 6.07) is 4.81. The second-order valence-electron chi connectivity index (χ2n) is 14.5. The summed E-state index contributed by atoms with van der Waals surface area (Å²) in [7, 11) is 0. The molecule has 2 aromatic rings. The Morgan fingerprint density at radius 3 is 1.55 bits per heavy atom. The summed E-state index contributed by atoms with van der Waals surface area (Å²) in [6.07, 6.45) is 6.15. The van der Waals surface area contributed by atoms with E-state index in [9.17, 15) is 50.4 Å². The molecule has 308 valence electrons. The Kier molecular flexibility index (Phi) is 15.9. The number of cyclic esters (lactones) is 2. The lowest BCUT2D eigenvalue weighted by atomic mass is 9.99. The van der Waals surface area contributed by atoms with Gasteiger partial charge in [0.15, 0.2) is 5.79 Å². The lowest BCUT2D eigenvalue weighted by Gasteiger charge is -2.22. The van der Waals surface area contributed by atoms with E-state index in [1.807, 2.05) is 6.92 Å². The molecule has 0 spiro atoms. The van der Waals surface area contributed by atoms with Crippen molar-refractivity contribution in [1.29, 1.82) is 0 Å². The molecule has 56 heavy (non-hydrogen) atoms. The summed E-state index contributed by atoms with van der Waals surface area (Å²) in [5, 5.41) is 80.4. The molecule has 1 saturated heterocycles. The van der Waals surface area contributed by atoms with Crippen LogP contribution in [0.15, 0.2) is 60.7 Å². The van der Waals surface area contributed by atoms with Gasteiger partial charge in [0.2, 0.25) is 0 Å². The van der Waals surface area contributed by atoms with E-state index in [1.54, 1.807) is 65.0 Å². The number of esters is 2. The van der Waals surface area contributed by atoms with Gasteiger partial charge in [-0.25, -0.2) is 9.59 Å². The van der Waals surface area contributed by atoms with Crippen LogP contribution in [0.5, 0.6) is 23.0 Å². The third-order valence-corrected chi connectivity index (χ3v) is 9.61. The maximum atomic E-state index is 12.7. The number of benzene rings is 2. The van der Waals surface area contributed by atoms with Gasteiger partial charge in [-0.15, -0.1) is 0 Å². The van der Waals surface area contributed by atoms with Crippen LogP contribution < -0.4 is 0 Å². The SMILES string of the molecule is C.CC1OC(=O)c2c(O)cc(O)cc2/C=C/CC(O)C(O)C(O)/C=C\[C@H]1C.CC1OC(=O)c2c(O)cc(O)cc2/C=C/CC2OC(C)(C)OC2C(O)/C=C\[C@H]1C. The highest BCUT2D eigenvalue weighted by Crippen LogP contribution is 2.35. The fourth-order valence-electron chi connectivity index (χ4n) is 6.12. The molecule has 10 atom stereocenters. The van der Waals surface area contributed by atoms with Crippen LogP contribution in [-0.2, 0) is 18.9 Å². The lowest BCUT2D eigenvalue weighted by Crippen LogP contribution is -2.36. The molecule has 14 nitrogen and oxygen atoms in total. The highest BCUT2D eigenvalue weighted by molar-refractivity contribution is 5.97. The summed E-state index contributed by atoms with van der Waals surface area (Å²) >= 11 is 0. The molecular formula is C42H56O14. The first-order valence-corrected chi connectivity index (χ1v) is 18.1. The predicted molar refractivity (Wildman–Crippen MR) is 208 cm³/mol. The van der Waals surface area contributed by atoms with E-state index in [0.717, 1.165) is 12.1 Å². The van der Waals surface area contributed by atoms with Crippen LogP contribution in [0.25, 0.3) is 12.2 Å². The van der Waals surface area contributed by atoms with Gasteiger partial charge in [-0.2, -0.15) is 0 Å². The van der Waals surface area contributed by atoms with Gasteiger partial charge in [0, 0.05) is 24.0 Å². The number of aliphatic hydroxyl groups excluding tert-OH is 4. The zero-order chi connectivity index (χ0) is 40.8. The van der Waals surface area contributed by atoms with Crippen molar-refractivity contribution in [1.82, 2.24) is 0 Å². The minimum Gasteiger partial charge on any atom is -0.508 e. The van der Waals surface area contributed by atoms with Crippen molar-refractivity contribution in [2.24, 2.45) is 11.8 Å². The number of aromatic hydroxyl groups is 4. The van der Waals surface area contributed by atoms with Gasteiger partial charge >= 0.3 is 11.9 Å². The van der Waals surface area contributed by atoms with Gasteiger partial charge in [0.25, 0.3) is 0 Å². The van der Waals surface area contributed by atoms with E-state index in [4.69, 9.17) is 18.9 Å². The Hall–Kier alpha value is -4.70. The molecule has 0 amide bonds. The third kappa shape index (κ3) is 11.7. The lowest BCUT2D eigenvalue weighted by molar-refractivity contribution is -0.152. The summed E-state index contributed by atoms with van der Waals surface area (Å²) in [6.45, 7) is 10.6. The first kappa shape index (κ1) is 45.7. The van der Waals surface area contributed by atoms with Crippen molar-refractivity contribution >= 4 is 24.1 Å². The molecule has 3 aliphatic heterocycles. The Balaban J connectivity index is 0.000000297. The number of carbonyl (C=O) groups is 2. The van der Waals surface area contributed by atoms with Gasteiger partial charge in [-0.3, -0.25) is 0 Å². The van der Waals surface area contributed by atoms with Crippen LogP contribution in [0, 0.1) is 11.8 Å². The van der Waals surface area contributed by atoms with Crippen molar-refractivity contribution < 1.29 is 69.4 Å². The Morgan fingerprint density at radius 1 is 0.625 bits per heavy atom. The number of ether oxygens (including phenoxy) is 4. The summed E-state index contributed by atoms with van der Waals surface area (Å²) in [5.74, 6) is -3.94. The van der Waals surface area contributed by atoms with Gasteiger partial charge in [0.05, 0.1) is 12.2 Å². The van der Waals surface area contributed by atoms with Crippen LogP contribution in [-0.4, -0.2) is 107 Å². The van der Waals surface area contributed by atoms with Crippen LogP contribution in [0.4, 0.5) is 0 Å². The molecule has 14 heteroatoms. The van der Waals surface area contributed by atoms with E-state index in [2.05, 4.69) is 0 Å². The molecule has 3 aliphatic rings. The molecule has 8 N–H and O–H groups in total. The van der Waals surface area contributed by atoms with Gasteiger partial charge in [-0.1, -0.05) is 69.9 Å². The average Bonchev–Trinajstić information content (AvgIpc) is 3.41. The quantitative estimate of drug-likeness (QED) is 0.128. The largest absolute Gasteiger partial charge is 0.508 e. The van der Waals surface area contributed by atoms with Crippen molar-refractivity contribution in [3.63, 3.8) is 0 Å². The number of phenols is 4. The smallest absolute Gasteiger partial charge is 0.342 e. The molecule has 0 aliphatic carbocycles. The summed E-state index contributed by atoms with van der Waals surface area (Å²) in [4.78, 5) is 25.2. The number of rotatable bonds is 0. The van der Waals surface area contributed by atoms with Crippen molar-refractivity contribution in [3.8, 4) is 23.0 Å². The number of hydrogen-bond donors (Lipinski definition) is 8. The maximum Gasteiger partial charge on any atom is 0.342 e. The highest BCUT2D eigenvalue weighted by atomic mass is 16.8. The Morgan fingerprint density at radius 2 is 1.07 bits per heavy atom. The first-order chi connectivity index (χ1) is 25.8. The maximum absolute atomic E-state index is 12.7. The van der Waals surface area contributed by atoms with Gasteiger partial charge < -0.3 is 59.8 Å². The fourth-order valence-corrected chi connectivity index (χ4v) is 6.12. The topological polar surface area (TPSA) is 233 Å². The minimum absolute atomic E-state index is 0. The Bertz CT molecular complexity index is 1800. The Labute approximate surface area is 327 Å². The third-order valence-electron chi connectivity index (χ3n) is 9.61. The zero-order valence-corrected chi connectivity index (χ0v) is 31.6. The van der Waals surface area contributed by atoms with E-state index in [0.29, 0.717) is 12.0 Å². The molecule has 1 fully saturated rings. The van der Waals surface area contributed by atoms with Crippen molar-refractivity contribution in [3.05, 3.63) is 83.0 Å². The number of phenolic OH excluding ortho intramolecular Hbond substituents is 4. The zero-order valence-electron chi connectivity index (χ0n) is 31.6. The molecule has 0 bridgehead atoms. The number of fused-ring (bicyclic) bond motifs is 3. The molecule has 8 unspecified atom stereocenters. The van der Waals surface area contributed by atoms with Crippen LogP contribution >= 0.6 is 0 Å². The second-order valence-corrected chi connectivity index (χ2v) is 14.5. The van der Waals surface area contributed by atoms with E-state index < -0.39 is 72.3 Å². The molecule has 5 rings (SSSR count). The second kappa shape index (κ2) is 19.4. The summed E-state index contributed by atoms with van der Waals surface area (Å²) < 4.78 is 22.7. The monoisotopic (exact) mass is 784 g/mol. The van der Waals surface area contributed by atoms with Crippen LogP contribution in [0.2, 0.25) is 0 Å². The molecule has 0 radical (unpaired) electrons.